The van der Waals surface area contributed by atoms with Gasteiger partial charge in [-0.2, -0.15) is 0 Å². The zero-order valence-corrected chi connectivity index (χ0v) is 13.3. The van der Waals surface area contributed by atoms with E-state index in [1.54, 1.807) is 0 Å². The zero-order valence-electron chi connectivity index (χ0n) is 10.5. The van der Waals surface area contributed by atoms with Crippen LogP contribution in [0.4, 0.5) is 0 Å². The Morgan fingerprint density at radius 3 is 1.94 bits per heavy atom. The summed E-state index contributed by atoms with van der Waals surface area (Å²) < 4.78 is 34.3. The first-order chi connectivity index (χ1) is 7.56. The number of terminal acetylenes is 1. The van der Waals surface area contributed by atoms with Crippen LogP contribution in [0, 0.1) is 12.3 Å². The topological polar surface area (TPSA) is 66.4 Å². The van der Waals surface area contributed by atoms with E-state index in [1.807, 2.05) is 0 Å². The first kappa shape index (κ1) is 19.8. The second-order valence-corrected chi connectivity index (χ2v) is 4.71. The van der Waals surface area contributed by atoms with Crippen molar-refractivity contribution in [3.63, 3.8) is 0 Å². The molecule has 0 bridgehead atoms. The minimum atomic E-state index is -4.50. The fourth-order valence-electron chi connectivity index (χ4n) is 1.37. The van der Waals surface area contributed by atoms with Crippen molar-refractivity contribution in [2.45, 2.75) is 51.4 Å². The van der Waals surface area contributed by atoms with Crippen LogP contribution >= 0.6 is 0 Å². The predicted molar refractivity (Wildman–Crippen MR) is 61.4 cm³/mol. The molecule has 0 saturated carbocycles. The van der Waals surface area contributed by atoms with E-state index in [-0.39, 0.29) is 36.2 Å². The van der Waals surface area contributed by atoms with Gasteiger partial charge in [-0.05, 0) is 12.8 Å². The molecule has 0 saturated heterocycles. The van der Waals surface area contributed by atoms with Gasteiger partial charge >= 0.3 is 29.6 Å². The van der Waals surface area contributed by atoms with Gasteiger partial charge in [-0.3, -0.25) is 4.18 Å². The van der Waals surface area contributed by atoms with Gasteiger partial charge in [-0.1, -0.05) is 32.1 Å². The maximum atomic E-state index is 10.1. The number of unbranched alkanes of at least 4 members (excludes halogenated alkanes) is 7. The Labute approximate surface area is 127 Å². The molecular formula is C11H19NaO4S. The largest absolute Gasteiger partial charge is 1.00 e. The predicted octanol–water partition coefficient (Wildman–Crippen LogP) is -0.779. The molecule has 0 aliphatic carbocycles. The second kappa shape index (κ2) is 12.9. The molecule has 0 aromatic carbocycles. The molecule has 0 rings (SSSR count). The number of rotatable bonds is 10. The van der Waals surface area contributed by atoms with E-state index >= 15 is 0 Å². The summed E-state index contributed by atoms with van der Waals surface area (Å²) in [6.45, 7) is 0.00290. The fraction of sp³-hybridized carbons (Fsp3) is 0.818. The molecule has 0 atom stereocenters. The van der Waals surface area contributed by atoms with Crippen molar-refractivity contribution in [1.29, 1.82) is 0 Å². The van der Waals surface area contributed by atoms with Gasteiger partial charge in [0, 0.05) is 6.42 Å². The van der Waals surface area contributed by atoms with Crippen LogP contribution < -0.4 is 29.6 Å². The summed E-state index contributed by atoms with van der Waals surface area (Å²) in [4.78, 5) is 0. The van der Waals surface area contributed by atoms with Crippen LogP contribution in [0.1, 0.15) is 51.4 Å². The molecule has 0 heterocycles. The van der Waals surface area contributed by atoms with Crippen LogP contribution in [-0.4, -0.2) is 19.6 Å². The van der Waals surface area contributed by atoms with Crippen molar-refractivity contribution >= 4 is 10.4 Å². The molecule has 0 fully saturated rings. The van der Waals surface area contributed by atoms with Gasteiger partial charge in [0.05, 0.1) is 6.61 Å². The number of hydrogen-bond acceptors (Lipinski definition) is 4. The van der Waals surface area contributed by atoms with Gasteiger partial charge in [-0.15, -0.1) is 12.3 Å². The Morgan fingerprint density at radius 1 is 1.00 bits per heavy atom. The van der Waals surface area contributed by atoms with Gasteiger partial charge in [-0.25, -0.2) is 8.42 Å². The summed E-state index contributed by atoms with van der Waals surface area (Å²) in [6.07, 6.45) is 13.0. The Balaban J connectivity index is 0. The zero-order chi connectivity index (χ0) is 12.3. The average Bonchev–Trinajstić information content (AvgIpc) is 2.19. The first-order valence-corrected chi connectivity index (χ1v) is 6.93. The molecule has 0 aromatic rings. The molecule has 0 N–H and O–H groups in total. The van der Waals surface area contributed by atoms with Gasteiger partial charge in [0.1, 0.15) is 0 Å². The van der Waals surface area contributed by atoms with Crippen LogP contribution in [0.25, 0.3) is 0 Å². The van der Waals surface area contributed by atoms with Crippen molar-refractivity contribution < 1.29 is 46.7 Å². The van der Waals surface area contributed by atoms with E-state index in [0.717, 1.165) is 44.9 Å². The van der Waals surface area contributed by atoms with Crippen LogP contribution in [0.2, 0.25) is 0 Å². The van der Waals surface area contributed by atoms with Crippen LogP contribution in [-0.2, 0) is 14.6 Å². The van der Waals surface area contributed by atoms with Crippen LogP contribution in [0.3, 0.4) is 0 Å². The quantitative estimate of drug-likeness (QED) is 0.172. The maximum absolute atomic E-state index is 10.1. The van der Waals surface area contributed by atoms with Crippen molar-refractivity contribution in [3.8, 4) is 12.3 Å². The molecule has 0 unspecified atom stereocenters. The molecular weight excluding hydrogens is 251 g/mol. The third kappa shape index (κ3) is 19.0. The molecule has 0 aliphatic rings. The molecule has 4 nitrogen and oxygen atoms in total. The normalized spacial score (nSPS) is 10.6. The van der Waals surface area contributed by atoms with Crippen LogP contribution in [0.5, 0.6) is 0 Å². The minimum absolute atomic E-state index is 0. The summed E-state index contributed by atoms with van der Waals surface area (Å²) in [5.74, 6) is 2.60. The third-order valence-corrected chi connectivity index (χ3v) is 2.65. The third-order valence-electron chi connectivity index (χ3n) is 2.19. The van der Waals surface area contributed by atoms with E-state index in [4.69, 9.17) is 6.42 Å². The molecule has 0 aromatic heterocycles. The summed E-state index contributed by atoms with van der Waals surface area (Å²) in [7, 11) is -4.50. The molecule has 94 valence electrons. The molecule has 0 spiro atoms. The summed E-state index contributed by atoms with van der Waals surface area (Å²) >= 11 is 0. The van der Waals surface area contributed by atoms with Crippen molar-refractivity contribution in [2.24, 2.45) is 0 Å². The van der Waals surface area contributed by atoms with Crippen molar-refractivity contribution in [3.05, 3.63) is 0 Å². The van der Waals surface area contributed by atoms with Crippen molar-refractivity contribution in [2.75, 3.05) is 6.61 Å². The monoisotopic (exact) mass is 270 g/mol. The molecule has 0 radical (unpaired) electrons. The number of hydrogen-bond donors (Lipinski definition) is 0. The smallest absolute Gasteiger partial charge is 0.726 e. The van der Waals surface area contributed by atoms with E-state index in [9.17, 15) is 13.0 Å². The second-order valence-electron chi connectivity index (χ2n) is 3.66. The van der Waals surface area contributed by atoms with Gasteiger partial charge in [0.25, 0.3) is 0 Å². The van der Waals surface area contributed by atoms with Crippen LogP contribution in [0.15, 0.2) is 0 Å². The summed E-state index contributed by atoms with van der Waals surface area (Å²) in [5.41, 5.74) is 0. The van der Waals surface area contributed by atoms with E-state index in [1.165, 1.54) is 0 Å². The average molecular weight is 270 g/mol. The van der Waals surface area contributed by atoms with Gasteiger partial charge in [0.2, 0.25) is 10.4 Å². The first-order valence-electron chi connectivity index (χ1n) is 5.60. The fourth-order valence-corrected chi connectivity index (χ4v) is 1.70. The SMILES string of the molecule is C#CCCCCCCCCCOS(=O)(=O)[O-].[Na+]. The van der Waals surface area contributed by atoms with E-state index in [2.05, 4.69) is 10.1 Å². The van der Waals surface area contributed by atoms with Gasteiger partial charge < -0.3 is 4.55 Å². The standard InChI is InChI=1S/C11H20O4S.Na/c1-2-3-4-5-6-7-8-9-10-11-15-16(12,13)14;/h1H,3-11H2,(H,12,13,14);/q;+1/p-1. The summed E-state index contributed by atoms with van der Waals surface area (Å²) in [5, 5.41) is 0. The Bertz CT molecular complexity index is 295. The summed E-state index contributed by atoms with van der Waals surface area (Å²) in [6, 6.07) is 0. The van der Waals surface area contributed by atoms with Crippen molar-refractivity contribution in [1.82, 2.24) is 0 Å². The molecule has 17 heavy (non-hydrogen) atoms. The minimum Gasteiger partial charge on any atom is -0.726 e. The Kier molecular flexibility index (Phi) is 15.0. The van der Waals surface area contributed by atoms with E-state index < -0.39 is 10.4 Å². The van der Waals surface area contributed by atoms with E-state index in [0.29, 0.717) is 6.42 Å². The Hall–Kier alpha value is 0.430. The molecule has 6 heteroatoms. The molecule has 0 aliphatic heterocycles. The van der Waals surface area contributed by atoms with Gasteiger partial charge in [0.15, 0.2) is 0 Å². The Morgan fingerprint density at radius 2 is 1.47 bits per heavy atom. The maximum Gasteiger partial charge on any atom is 1.00 e. The molecule has 0 amide bonds.